The van der Waals surface area contributed by atoms with Gasteiger partial charge in [-0.25, -0.2) is 0 Å². The summed E-state index contributed by atoms with van der Waals surface area (Å²) < 4.78 is 6.05. The zero-order valence-electron chi connectivity index (χ0n) is 11.4. The molecular formula is C17H13NO3. The van der Waals surface area contributed by atoms with Crippen LogP contribution in [-0.2, 0) is 0 Å². The van der Waals surface area contributed by atoms with Gasteiger partial charge in [0.25, 0.3) is 0 Å². The van der Waals surface area contributed by atoms with Crippen LogP contribution >= 0.6 is 0 Å². The smallest absolute Gasteiger partial charge is 0.216 e. The fraction of sp³-hybridized carbons (Fsp3) is 0.0588. The van der Waals surface area contributed by atoms with Gasteiger partial charge in [0.15, 0.2) is 6.21 Å². The molecule has 0 saturated carbocycles. The summed E-state index contributed by atoms with van der Waals surface area (Å²) in [7, 11) is 0. The van der Waals surface area contributed by atoms with Gasteiger partial charge in [-0.15, -0.1) is 0 Å². The van der Waals surface area contributed by atoms with E-state index in [2.05, 4.69) is 0 Å². The molecule has 0 radical (unpaired) electrons. The van der Waals surface area contributed by atoms with Gasteiger partial charge in [-0.3, -0.25) is 4.79 Å². The van der Waals surface area contributed by atoms with Crippen molar-refractivity contribution >= 4 is 22.9 Å². The Morgan fingerprint density at radius 3 is 2.57 bits per heavy atom. The Labute approximate surface area is 121 Å². The topological polar surface area (TPSA) is 56.3 Å². The van der Waals surface area contributed by atoms with E-state index in [9.17, 15) is 10.0 Å². The van der Waals surface area contributed by atoms with Crippen molar-refractivity contribution in [2.75, 3.05) is 0 Å². The lowest BCUT2D eigenvalue weighted by atomic mass is 10.2. The maximum absolute atomic E-state index is 12.3. The van der Waals surface area contributed by atoms with E-state index in [0.717, 1.165) is 5.56 Å². The summed E-state index contributed by atoms with van der Waals surface area (Å²) in [6, 6.07) is 14.1. The van der Waals surface area contributed by atoms with Crippen molar-refractivity contribution in [2.24, 2.45) is 0 Å². The Morgan fingerprint density at radius 2 is 1.81 bits per heavy atom. The summed E-state index contributed by atoms with van der Waals surface area (Å²) in [6.45, 7) is 1.95. The predicted molar refractivity (Wildman–Crippen MR) is 82.1 cm³/mol. The second-order valence-corrected chi connectivity index (χ2v) is 4.81. The number of benzene rings is 2. The second-order valence-electron chi connectivity index (χ2n) is 4.81. The number of para-hydroxylation sites is 1. The Hall–Kier alpha value is -2.88. The molecule has 0 atom stereocenters. The van der Waals surface area contributed by atoms with E-state index in [1.165, 1.54) is 12.5 Å². The number of rotatable bonds is 2. The maximum atomic E-state index is 12.3. The molecule has 0 aliphatic heterocycles. The molecule has 3 aromatic rings. The highest BCUT2D eigenvalue weighted by Crippen LogP contribution is 2.13. The fourth-order valence-corrected chi connectivity index (χ4v) is 2.07. The first-order chi connectivity index (χ1) is 10.1. The molecule has 0 saturated heterocycles. The first kappa shape index (κ1) is 13.1. The summed E-state index contributed by atoms with van der Waals surface area (Å²) in [5, 5.41) is 12.6. The number of aryl methyl sites for hydroxylation is 1. The van der Waals surface area contributed by atoms with Crippen LogP contribution in [0.4, 0.5) is 5.69 Å². The third-order valence-electron chi connectivity index (χ3n) is 3.25. The van der Waals surface area contributed by atoms with E-state index >= 15 is 0 Å². The van der Waals surface area contributed by atoms with E-state index in [1.807, 2.05) is 19.1 Å². The molecule has 3 rings (SSSR count). The Kier molecular flexibility index (Phi) is 3.28. The van der Waals surface area contributed by atoms with E-state index in [1.54, 1.807) is 36.4 Å². The Bertz CT molecular complexity index is 876. The minimum absolute atomic E-state index is 0.218. The molecule has 0 unspecified atom stereocenters. The van der Waals surface area contributed by atoms with Crippen molar-refractivity contribution in [3.8, 4) is 0 Å². The van der Waals surface area contributed by atoms with E-state index in [-0.39, 0.29) is 11.0 Å². The fourth-order valence-electron chi connectivity index (χ4n) is 2.07. The van der Waals surface area contributed by atoms with Crippen molar-refractivity contribution in [1.82, 2.24) is 0 Å². The number of hydrogen-bond donors (Lipinski definition) is 0. The molecule has 4 nitrogen and oxygen atoms in total. The highest BCUT2D eigenvalue weighted by Gasteiger charge is 2.08. The van der Waals surface area contributed by atoms with Crippen molar-refractivity contribution in [3.05, 3.63) is 81.4 Å². The molecule has 0 spiro atoms. The third-order valence-corrected chi connectivity index (χ3v) is 3.25. The van der Waals surface area contributed by atoms with Crippen LogP contribution in [0.3, 0.4) is 0 Å². The van der Waals surface area contributed by atoms with Crippen molar-refractivity contribution in [2.45, 2.75) is 6.92 Å². The van der Waals surface area contributed by atoms with Crippen molar-refractivity contribution in [1.29, 1.82) is 0 Å². The van der Waals surface area contributed by atoms with Crippen LogP contribution in [0.15, 0.2) is 64.0 Å². The Morgan fingerprint density at radius 1 is 1.10 bits per heavy atom. The summed E-state index contributed by atoms with van der Waals surface area (Å²) in [4.78, 5) is 12.3. The van der Waals surface area contributed by atoms with Crippen LogP contribution in [0.1, 0.15) is 11.1 Å². The van der Waals surface area contributed by atoms with Crippen molar-refractivity contribution < 1.29 is 9.16 Å². The predicted octanol–water partition coefficient (Wildman–Crippen LogP) is 3.36. The largest absolute Gasteiger partial charge is 0.618 e. The highest BCUT2D eigenvalue weighted by atomic mass is 16.5. The first-order valence-electron chi connectivity index (χ1n) is 6.53. The Balaban J connectivity index is 2.08. The molecule has 0 N–H and O–H groups in total. The van der Waals surface area contributed by atoms with Gasteiger partial charge < -0.3 is 9.62 Å². The van der Waals surface area contributed by atoms with Crippen LogP contribution < -0.4 is 5.43 Å². The molecule has 0 aliphatic carbocycles. The van der Waals surface area contributed by atoms with Crippen LogP contribution in [0.25, 0.3) is 11.0 Å². The minimum atomic E-state index is -0.218. The maximum Gasteiger partial charge on any atom is 0.216 e. The summed E-state index contributed by atoms with van der Waals surface area (Å²) in [6.07, 6.45) is 2.55. The number of nitrogens with zero attached hydrogens (tertiary/aromatic N) is 1. The zero-order valence-corrected chi connectivity index (χ0v) is 11.4. The monoisotopic (exact) mass is 279 g/mol. The van der Waals surface area contributed by atoms with E-state index in [4.69, 9.17) is 4.42 Å². The molecule has 0 aliphatic rings. The lowest BCUT2D eigenvalue weighted by Gasteiger charge is -2.03. The van der Waals surface area contributed by atoms with E-state index in [0.29, 0.717) is 21.4 Å². The number of hydrogen-bond acceptors (Lipinski definition) is 3. The molecule has 0 bridgehead atoms. The lowest BCUT2D eigenvalue weighted by Crippen LogP contribution is -2.11. The molecule has 4 heteroatoms. The zero-order chi connectivity index (χ0) is 14.8. The molecular weight excluding hydrogens is 266 g/mol. The van der Waals surface area contributed by atoms with Crippen LogP contribution in [-0.4, -0.2) is 11.0 Å². The van der Waals surface area contributed by atoms with Gasteiger partial charge in [-0.05, 0) is 19.1 Å². The molecule has 0 fully saturated rings. The van der Waals surface area contributed by atoms with Gasteiger partial charge in [-0.2, -0.15) is 4.74 Å². The van der Waals surface area contributed by atoms with Crippen LogP contribution in [0.2, 0.25) is 0 Å². The highest BCUT2D eigenvalue weighted by molar-refractivity contribution is 5.84. The molecule has 1 aromatic heterocycles. The SMILES string of the molecule is Cc1ccc(/[N+]([O-])=C\c2coc3ccccc3c2=O)cc1. The second kappa shape index (κ2) is 5.25. The first-order valence-corrected chi connectivity index (χ1v) is 6.53. The molecule has 21 heavy (non-hydrogen) atoms. The summed E-state index contributed by atoms with van der Waals surface area (Å²) in [5.41, 5.74) is 2.05. The molecule has 1 heterocycles. The van der Waals surface area contributed by atoms with Gasteiger partial charge in [-0.1, -0.05) is 29.8 Å². The van der Waals surface area contributed by atoms with Gasteiger partial charge in [0.1, 0.15) is 17.4 Å². The third kappa shape index (κ3) is 2.56. The molecule has 104 valence electrons. The van der Waals surface area contributed by atoms with Gasteiger partial charge >= 0.3 is 0 Å². The lowest BCUT2D eigenvalue weighted by molar-refractivity contribution is -0.354. The average Bonchev–Trinajstić information content (AvgIpc) is 2.51. The molecule has 0 amide bonds. The average molecular weight is 279 g/mol. The van der Waals surface area contributed by atoms with Crippen LogP contribution in [0.5, 0.6) is 0 Å². The summed E-state index contributed by atoms with van der Waals surface area (Å²) >= 11 is 0. The normalized spacial score (nSPS) is 11.8. The van der Waals surface area contributed by atoms with Gasteiger partial charge in [0.05, 0.1) is 5.39 Å². The van der Waals surface area contributed by atoms with Gasteiger partial charge in [0.2, 0.25) is 11.1 Å². The summed E-state index contributed by atoms with van der Waals surface area (Å²) in [5.74, 6) is 0. The van der Waals surface area contributed by atoms with Crippen LogP contribution in [0, 0.1) is 12.1 Å². The van der Waals surface area contributed by atoms with Crippen molar-refractivity contribution in [3.63, 3.8) is 0 Å². The quantitative estimate of drug-likeness (QED) is 0.313. The van der Waals surface area contributed by atoms with E-state index < -0.39 is 0 Å². The van der Waals surface area contributed by atoms with Gasteiger partial charge in [0, 0.05) is 12.1 Å². The molecule has 2 aromatic carbocycles. The minimum Gasteiger partial charge on any atom is -0.618 e. The standard InChI is InChI=1S/C17H13NO3/c1-12-6-8-14(9-7-12)18(20)10-13-11-21-16-5-3-2-4-15(16)17(13)19/h2-11H,1H3/b18-10+. The number of fused-ring (bicyclic) bond motifs is 1.